The number of hydrogen-bond donors (Lipinski definition) is 1. The average Bonchev–Trinajstić information content (AvgIpc) is 2.30. The van der Waals surface area contributed by atoms with Crippen molar-refractivity contribution in [2.24, 2.45) is 17.8 Å². The Morgan fingerprint density at radius 3 is 2.38 bits per heavy atom. The molecule has 0 aromatic rings. The van der Waals surface area contributed by atoms with Crippen molar-refractivity contribution in [3.05, 3.63) is 0 Å². The summed E-state index contributed by atoms with van der Waals surface area (Å²) in [7, 11) is 2.16. The zero-order chi connectivity index (χ0) is 11.5. The Balaban J connectivity index is 1.97. The van der Waals surface area contributed by atoms with Crippen LogP contribution in [0.15, 0.2) is 0 Å². The summed E-state index contributed by atoms with van der Waals surface area (Å²) in [6.45, 7) is 2.29. The fraction of sp³-hybridized carbons (Fsp3) is 0.923. The Hall–Kier alpha value is -0.570. The van der Waals surface area contributed by atoms with Crippen LogP contribution in [0.2, 0.25) is 0 Å². The van der Waals surface area contributed by atoms with E-state index in [2.05, 4.69) is 11.9 Å². The number of carbonyl (C=O) groups is 1. The lowest BCUT2D eigenvalue weighted by atomic mass is 9.69. The van der Waals surface area contributed by atoms with Gasteiger partial charge in [0.25, 0.3) is 0 Å². The van der Waals surface area contributed by atoms with Crippen LogP contribution in [0.5, 0.6) is 0 Å². The molecular weight excluding hydrogens is 202 g/mol. The molecule has 2 aliphatic rings. The molecule has 0 unspecified atom stereocenters. The standard InChI is InChI=1S/C13H23NO2/c1-14-8-6-10(7-9-14)11-4-2-3-5-12(11)13(15)16/h10-12H,2-9H2,1H3,(H,15,16)/t11-,12+/m0/s1. The lowest BCUT2D eigenvalue weighted by Crippen LogP contribution is -2.38. The van der Waals surface area contributed by atoms with Gasteiger partial charge in [-0.15, -0.1) is 0 Å². The van der Waals surface area contributed by atoms with Crippen molar-refractivity contribution in [2.45, 2.75) is 38.5 Å². The second kappa shape index (κ2) is 5.17. The molecule has 1 N–H and O–H groups in total. The molecule has 0 amide bonds. The summed E-state index contributed by atoms with van der Waals surface area (Å²) < 4.78 is 0. The van der Waals surface area contributed by atoms with Gasteiger partial charge in [0.05, 0.1) is 5.92 Å². The summed E-state index contributed by atoms with van der Waals surface area (Å²) in [6, 6.07) is 0. The molecule has 3 nitrogen and oxygen atoms in total. The van der Waals surface area contributed by atoms with Gasteiger partial charge in [0.2, 0.25) is 0 Å². The summed E-state index contributed by atoms with van der Waals surface area (Å²) in [5.74, 6) is 0.517. The number of nitrogens with zero attached hydrogens (tertiary/aromatic N) is 1. The van der Waals surface area contributed by atoms with Crippen LogP contribution in [0.1, 0.15) is 38.5 Å². The Labute approximate surface area is 97.8 Å². The SMILES string of the molecule is CN1CCC([C@@H]2CCCC[C@H]2C(=O)O)CC1. The number of rotatable bonds is 2. The topological polar surface area (TPSA) is 40.5 Å². The number of carboxylic acids is 1. The average molecular weight is 225 g/mol. The fourth-order valence-electron chi connectivity index (χ4n) is 3.49. The third kappa shape index (κ3) is 2.57. The van der Waals surface area contributed by atoms with Crippen LogP contribution >= 0.6 is 0 Å². The highest BCUT2D eigenvalue weighted by atomic mass is 16.4. The van der Waals surface area contributed by atoms with Crippen molar-refractivity contribution in [1.29, 1.82) is 0 Å². The van der Waals surface area contributed by atoms with E-state index in [1.54, 1.807) is 0 Å². The molecule has 0 aromatic carbocycles. The van der Waals surface area contributed by atoms with Gasteiger partial charge in [0.1, 0.15) is 0 Å². The molecule has 92 valence electrons. The number of carboxylic acid groups (broad SMARTS) is 1. The maximum atomic E-state index is 11.3. The second-order valence-electron chi connectivity index (χ2n) is 5.53. The molecule has 2 rings (SSSR count). The molecule has 0 spiro atoms. The predicted octanol–water partition coefficient (Wildman–Crippen LogP) is 2.22. The highest BCUT2D eigenvalue weighted by Crippen LogP contribution is 2.39. The number of likely N-dealkylation sites (tertiary alicyclic amines) is 1. The Kier molecular flexibility index (Phi) is 3.85. The van der Waals surface area contributed by atoms with Gasteiger partial charge in [-0.1, -0.05) is 12.8 Å². The third-order valence-corrected chi connectivity index (χ3v) is 4.51. The van der Waals surface area contributed by atoms with Crippen LogP contribution < -0.4 is 0 Å². The van der Waals surface area contributed by atoms with Gasteiger partial charge in [-0.2, -0.15) is 0 Å². The second-order valence-corrected chi connectivity index (χ2v) is 5.53. The van der Waals surface area contributed by atoms with Crippen LogP contribution in [0.4, 0.5) is 0 Å². The first-order valence-corrected chi connectivity index (χ1v) is 6.60. The number of hydrogen-bond acceptors (Lipinski definition) is 2. The molecule has 0 aromatic heterocycles. The molecule has 1 aliphatic carbocycles. The van der Waals surface area contributed by atoms with Gasteiger partial charge in [0.15, 0.2) is 0 Å². The largest absolute Gasteiger partial charge is 0.481 e. The quantitative estimate of drug-likeness (QED) is 0.783. The maximum Gasteiger partial charge on any atom is 0.306 e. The Bertz CT molecular complexity index is 246. The first-order chi connectivity index (χ1) is 7.68. The molecule has 16 heavy (non-hydrogen) atoms. The highest BCUT2D eigenvalue weighted by molar-refractivity contribution is 5.70. The van der Waals surface area contributed by atoms with Crippen LogP contribution in [0.25, 0.3) is 0 Å². The molecule has 1 aliphatic heterocycles. The highest BCUT2D eigenvalue weighted by Gasteiger charge is 2.36. The molecular formula is C13H23NO2. The van der Waals surface area contributed by atoms with Gasteiger partial charge in [0, 0.05) is 0 Å². The van der Waals surface area contributed by atoms with E-state index < -0.39 is 5.97 Å². The van der Waals surface area contributed by atoms with Gasteiger partial charge >= 0.3 is 5.97 Å². The van der Waals surface area contributed by atoms with Gasteiger partial charge in [-0.3, -0.25) is 4.79 Å². The van der Waals surface area contributed by atoms with E-state index in [1.165, 1.54) is 19.3 Å². The summed E-state index contributed by atoms with van der Waals surface area (Å²) in [4.78, 5) is 13.6. The van der Waals surface area contributed by atoms with Crippen LogP contribution in [-0.4, -0.2) is 36.1 Å². The summed E-state index contributed by atoms with van der Waals surface area (Å²) >= 11 is 0. The monoisotopic (exact) mass is 225 g/mol. The lowest BCUT2D eigenvalue weighted by molar-refractivity contribution is -0.146. The summed E-state index contributed by atoms with van der Waals surface area (Å²) in [6.07, 6.45) is 6.80. The molecule has 0 bridgehead atoms. The van der Waals surface area contributed by atoms with E-state index in [1.807, 2.05) is 0 Å². The zero-order valence-electron chi connectivity index (χ0n) is 10.2. The van der Waals surface area contributed by atoms with E-state index in [0.29, 0.717) is 11.8 Å². The number of piperidine rings is 1. The molecule has 0 radical (unpaired) electrons. The lowest BCUT2D eigenvalue weighted by Gasteiger charge is -2.39. The van der Waals surface area contributed by atoms with Crippen LogP contribution in [0, 0.1) is 17.8 Å². The molecule has 1 heterocycles. The summed E-state index contributed by atoms with van der Waals surface area (Å²) in [5, 5.41) is 9.28. The van der Waals surface area contributed by atoms with Crippen molar-refractivity contribution < 1.29 is 9.90 Å². The van der Waals surface area contributed by atoms with E-state index in [9.17, 15) is 9.90 Å². The van der Waals surface area contributed by atoms with E-state index in [0.717, 1.165) is 32.4 Å². The van der Waals surface area contributed by atoms with Gasteiger partial charge < -0.3 is 10.0 Å². The first-order valence-electron chi connectivity index (χ1n) is 6.60. The van der Waals surface area contributed by atoms with Crippen molar-refractivity contribution in [2.75, 3.05) is 20.1 Å². The summed E-state index contributed by atoms with van der Waals surface area (Å²) in [5.41, 5.74) is 0. The molecule has 1 saturated heterocycles. The van der Waals surface area contributed by atoms with Crippen molar-refractivity contribution in [1.82, 2.24) is 4.90 Å². The minimum Gasteiger partial charge on any atom is -0.481 e. The van der Waals surface area contributed by atoms with E-state index >= 15 is 0 Å². The third-order valence-electron chi connectivity index (χ3n) is 4.51. The van der Waals surface area contributed by atoms with Gasteiger partial charge in [-0.25, -0.2) is 0 Å². The van der Waals surface area contributed by atoms with Crippen molar-refractivity contribution in [3.63, 3.8) is 0 Å². The van der Waals surface area contributed by atoms with E-state index in [-0.39, 0.29) is 5.92 Å². The molecule has 1 saturated carbocycles. The van der Waals surface area contributed by atoms with Crippen molar-refractivity contribution in [3.8, 4) is 0 Å². The maximum absolute atomic E-state index is 11.3. The minimum absolute atomic E-state index is 0.0536. The fourth-order valence-corrected chi connectivity index (χ4v) is 3.49. The normalized spacial score (nSPS) is 33.8. The number of aliphatic carboxylic acids is 1. The molecule has 2 fully saturated rings. The van der Waals surface area contributed by atoms with E-state index in [4.69, 9.17) is 0 Å². The predicted molar refractivity (Wildman–Crippen MR) is 63.3 cm³/mol. The zero-order valence-corrected chi connectivity index (χ0v) is 10.2. The molecule has 2 atom stereocenters. The minimum atomic E-state index is -0.552. The smallest absolute Gasteiger partial charge is 0.306 e. The van der Waals surface area contributed by atoms with Gasteiger partial charge in [-0.05, 0) is 57.7 Å². The Morgan fingerprint density at radius 2 is 1.75 bits per heavy atom. The first kappa shape index (κ1) is 11.9. The van der Waals surface area contributed by atoms with Crippen molar-refractivity contribution >= 4 is 5.97 Å². The van der Waals surface area contributed by atoms with Crippen LogP contribution in [0.3, 0.4) is 0 Å². The Morgan fingerprint density at radius 1 is 1.12 bits per heavy atom. The van der Waals surface area contributed by atoms with Crippen LogP contribution in [-0.2, 0) is 4.79 Å². The molecule has 3 heteroatoms.